The molecule has 0 bridgehead atoms. The van der Waals surface area contributed by atoms with Crippen LogP contribution in [0.5, 0.6) is 0 Å². The van der Waals surface area contributed by atoms with Gasteiger partial charge in [-0.3, -0.25) is 4.98 Å². The van der Waals surface area contributed by atoms with Gasteiger partial charge in [0.25, 0.3) is 0 Å². The summed E-state index contributed by atoms with van der Waals surface area (Å²) in [4.78, 5) is 20.7. The summed E-state index contributed by atoms with van der Waals surface area (Å²) in [6.45, 7) is 7.61. The molecule has 138 valence electrons. The largest absolute Gasteiger partial charge is 0.374 e. The summed E-state index contributed by atoms with van der Waals surface area (Å²) in [5.41, 5.74) is 3.01. The number of nitrogens with one attached hydrogen (secondary N) is 1. The molecule has 2 heterocycles. The molecule has 1 saturated heterocycles. The van der Waals surface area contributed by atoms with Crippen LogP contribution >= 0.6 is 0 Å². The average Bonchev–Trinajstić information content (AvgIpc) is 2.67. The number of anilines is 2. The van der Waals surface area contributed by atoms with Crippen LogP contribution in [0, 0.1) is 0 Å². The van der Waals surface area contributed by atoms with E-state index in [1.807, 2.05) is 55.1 Å². The Hall–Kier alpha value is -2.60. The molecule has 0 aliphatic carbocycles. The van der Waals surface area contributed by atoms with Crippen LogP contribution < -0.4 is 10.2 Å². The van der Waals surface area contributed by atoms with Crippen molar-refractivity contribution in [1.82, 2.24) is 9.88 Å². The Kier molecular flexibility index (Phi) is 6.07. The number of hydrogen-bond donors (Lipinski definition) is 1. The molecule has 0 radical (unpaired) electrons. The first-order valence-corrected chi connectivity index (χ1v) is 9.03. The van der Waals surface area contributed by atoms with Gasteiger partial charge in [0.1, 0.15) is 0 Å². The summed E-state index contributed by atoms with van der Waals surface area (Å²) in [6.07, 6.45) is 3.78. The molecule has 0 saturated carbocycles. The molecule has 6 nitrogen and oxygen atoms in total. The lowest BCUT2D eigenvalue weighted by atomic mass is 10.2. The van der Waals surface area contributed by atoms with E-state index >= 15 is 0 Å². The van der Waals surface area contributed by atoms with E-state index < -0.39 is 0 Å². The van der Waals surface area contributed by atoms with E-state index in [1.54, 1.807) is 12.4 Å². The van der Waals surface area contributed by atoms with E-state index in [-0.39, 0.29) is 12.1 Å². The molecule has 26 heavy (non-hydrogen) atoms. The van der Waals surface area contributed by atoms with Crippen molar-refractivity contribution in [2.45, 2.75) is 26.6 Å². The predicted octanol–water partition coefficient (Wildman–Crippen LogP) is 3.36. The van der Waals surface area contributed by atoms with E-state index in [0.717, 1.165) is 30.0 Å². The summed E-state index contributed by atoms with van der Waals surface area (Å²) < 4.78 is 5.62. The van der Waals surface area contributed by atoms with Gasteiger partial charge in [-0.05, 0) is 43.7 Å². The van der Waals surface area contributed by atoms with Crippen LogP contribution in [-0.4, -0.2) is 48.2 Å². The topological polar surface area (TPSA) is 57.7 Å². The lowest BCUT2D eigenvalue weighted by Gasteiger charge is -2.36. The smallest absolute Gasteiger partial charge is 0.321 e. The Morgan fingerprint density at radius 1 is 1.15 bits per heavy atom. The first-order chi connectivity index (χ1) is 12.6. The van der Waals surface area contributed by atoms with Crippen molar-refractivity contribution in [3.05, 3.63) is 54.4 Å². The van der Waals surface area contributed by atoms with Crippen LogP contribution in [0.4, 0.5) is 16.2 Å². The molecule has 1 aliphatic heterocycles. The number of ether oxygens (including phenoxy) is 1. The zero-order chi connectivity index (χ0) is 18.4. The highest BCUT2D eigenvalue weighted by atomic mass is 16.5. The molecule has 2 aromatic rings. The van der Waals surface area contributed by atoms with E-state index in [1.165, 1.54) is 0 Å². The second-order valence-electron chi connectivity index (χ2n) is 6.67. The Morgan fingerprint density at radius 2 is 1.88 bits per heavy atom. The molecule has 1 aliphatic rings. The molecular formula is C20H26N4O2. The number of benzene rings is 1. The number of aromatic nitrogens is 1. The fraction of sp³-hybridized carbons (Fsp3) is 0.400. The lowest BCUT2D eigenvalue weighted by Crippen LogP contribution is -2.50. The third-order valence-corrected chi connectivity index (χ3v) is 4.36. The number of piperazine rings is 1. The summed E-state index contributed by atoms with van der Waals surface area (Å²) >= 11 is 0. The number of hydrogen-bond acceptors (Lipinski definition) is 4. The van der Waals surface area contributed by atoms with Crippen LogP contribution in [0.3, 0.4) is 0 Å². The van der Waals surface area contributed by atoms with Crippen molar-refractivity contribution in [2.24, 2.45) is 0 Å². The van der Waals surface area contributed by atoms with Crippen LogP contribution in [0.15, 0.2) is 48.8 Å². The van der Waals surface area contributed by atoms with Gasteiger partial charge in [0.2, 0.25) is 0 Å². The number of pyridine rings is 1. The van der Waals surface area contributed by atoms with Gasteiger partial charge in [0, 0.05) is 49.9 Å². The minimum Gasteiger partial charge on any atom is -0.374 e. The molecule has 0 unspecified atom stereocenters. The zero-order valence-electron chi connectivity index (χ0n) is 15.4. The Labute approximate surface area is 154 Å². The standard InChI is InChI=1S/C20H26N4O2/c1-16(2)26-15-17-4-3-5-18(14-17)22-20(25)24-12-10-23(11-13-24)19-6-8-21-9-7-19/h3-9,14,16H,10-13,15H2,1-2H3,(H,22,25). The first kappa shape index (κ1) is 18.2. The van der Waals surface area contributed by atoms with Crippen LogP contribution in [0.25, 0.3) is 0 Å². The van der Waals surface area contributed by atoms with Gasteiger partial charge in [-0.15, -0.1) is 0 Å². The van der Waals surface area contributed by atoms with Crippen LogP contribution in [0.1, 0.15) is 19.4 Å². The predicted molar refractivity (Wildman–Crippen MR) is 103 cm³/mol. The van der Waals surface area contributed by atoms with E-state index in [0.29, 0.717) is 19.7 Å². The second kappa shape index (κ2) is 8.67. The number of carbonyl (C=O) groups is 1. The second-order valence-corrected chi connectivity index (χ2v) is 6.67. The zero-order valence-corrected chi connectivity index (χ0v) is 15.4. The summed E-state index contributed by atoms with van der Waals surface area (Å²) in [5.74, 6) is 0. The number of nitrogens with zero attached hydrogens (tertiary/aromatic N) is 3. The third kappa shape index (κ3) is 4.95. The van der Waals surface area contributed by atoms with Gasteiger partial charge < -0.3 is 19.9 Å². The SMILES string of the molecule is CC(C)OCc1cccc(NC(=O)N2CCN(c3ccncc3)CC2)c1. The van der Waals surface area contributed by atoms with Gasteiger partial charge in [-0.2, -0.15) is 0 Å². The van der Waals surface area contributed by atoms with Gasteiger partial charge in [0.05, 0.1) is 12.7 Å². The van der Waals surface area contributed by atoms with E-state index in [2.05, 4.69) is 15.2 Å². The van der Waals surface area contributed by atoms with Crippen molar-refractivity contribution >= 4 is 17.4 Å². The van der Waals surface area contributed by atoms with Crippen molar-refractivity contribution in [2.75, 3.05) is 36.4 Å². The van der Waals surface area contributed by atoms with Gasteiger partial charge in [-0.1, -0.05) is 12.1 Å². The molecule has 1 fully saturated rings. The molecule has 2 amide bonds. The van der Waals surface area contributed by atoms with Crippen LogP contribution in [-0.2, 0) is 11.3 Å². The Balaban J connectivity index is 1.52. The normalized spacial score (nSPS) is 14.6. The number of rotatable bonds is 5. The monoisotopic (exact) mass is 354 g/mol. The molecule has 0 atom stereocenters. The summed E-state index contributed by atoms with van der Waals surface area (Å²) in [6, 6.07) is 11.8. The van der Waals surface area contributed by atoms with E-state index in [4.69, 9.17) is 4.74 Å². The van der Waals surface area contributed by atoms with Crippen LogP contribution in [0.2, 0.25) is 0 Å². The van der Waals surface area contributed by atoms with Crippen molar-refractivity contribution in [1.29, 1.82) is 0 Å². The number of carbonyl (C=O) groups excluding carboxylic acids is 1. The molecule has 0 spiro atoms. The molecule has 1 aromatic carbocycles. The molecule has 1 aromatic heterocycles. The lowest BCUT2D eigenvalue weighted by molar-refractivity contribution is 0.0657. The highest BCUT2D eigenvalue weighted by Crippen LogP contribution is 2.17. The maximum absolute atomic E-state index is 12.5. The van der Waals surface area contributed by atoms with Crippen molar-refractivity contribution < 1.29 is 9.53 Å². The van der Waals surface area contributed by atoms with E-state index in [9.17, 15) is 4.79 Å². The third-order valence-electron chi connectivity index (χ3n) is 4.36. The summed E-state index contributed by atoms with van der Waals surface area (Å²) in [5, 5.41) is 3.00. The highest BCUT2D eigenvalue weighted by molar-refractivity contribution is 5.89. The minimum atomic E-state index is -0.0543. The van der Waals surface area contributed by atoms with Crippen molar-refractivity contribution in [3.8, 4) is 0 Å². The molecule has 3 rings (SSSR count). The van der Waals surface area contributed by atoms with Gasteiger partial charge >= 0.3 is 6.03 Å². The highest BCUT2D eigenvalue weighted by Gasteiger charge is 2.21. The first-order valence-electron chi connectivity index (χ1n) is 9.03. The fourth-order valence-corrected chi connectivity index (χ4v) is 2.93. The minimum absolute atomic E-state index is 0.0543. The van der Waals surface area contributed by atoms with Gasteiger partial charge in [0.15, 0.2) is 0 Å². The van der Waals surface area contributed by atoms with Crippen molar-refractivity contribution in [3.63, 3.8) is 0 Å². The average molecular weight is 354 g/mol. The fourth-order valence-electron chi connectivity index (χ4n) is 2.93. The maximum Gasteiger partial charge on any atom is 0.321 e. The molecule has 1 N–H and O–H groups in total. The molecule has 6 heteroatoms. The number of urea groups is 1. The molecular weight excluding hydrogens is 328 g/mol. The Bertz CT molecular complexity index is 713. The van der Waals surface area contributed by atoms with Gasteiger partial charge in [-0.25, -0.2) is 4.79 Å². The maximum atomic E-state index is 12.5. The quantitative estimate of drug-likeness (QED) is 0.894. The Morgan fingerprint density at radius 3 is 2.58 bits per heavy atom. The summed E-state index contributed by atoms with van der Waals surface area (Å²) in [7, 11) is 0. The number of amides is 2.